The smallest absolute Gasteiger partial charge is 0.305 e. The van der Waals surface area contributed by atoms with Crippen molar-refractivity contribution in [2.24, 2.45) is 5.92 Å². The molecule has 0 saturated carbocycles. The summed E-state index contributed by atoms with van der Waals surface area (Å²) in [5, 5.41) is 9.28. The summed E-state index contributed by atoms with van der Waals surface area (Å²) in [6.07, 6.45) is 12.8. The van der Waals surface area contributed by atoms with Gasteiger partial charge in [0, 0.05) is 12.0 Å². The normalized spacial score (nSPS) is 11.7. The van der Waals surface area contributed by atoms with Crippen LogP contribution in [0.25, 0.3) is 6.08 Å². The zero-order valence-electron chi connectivity index (χ0n) is 22.5. The number of carbonyl (C=O) groups excluding carboxylic acids is 1. The Balaban J connectivity index is 1.56. The fourth-order valence-electron chi connectivity index (χ4n) is 4.54. The predicted molar refractivity (Wildman–Crippen MR) is 154 cm³/mol. The van der Waals surface area contributed by atoms with Gasteiger partial charge < -0.3 is 9.47 Å². The SMILES string of the molecule is COC(=O)CCCCC(C=Cc1ccccc1OCCCCCc1ccccc1)Cc1cccc(C#N)c1. The molecular weight excluding hydrogens is 470 g/mol. The van der Waals surface area contributed by atoms with Crippen molar-refractivity contribution in [3.8, 4) is 11.8 Å². The first kappa shape index (κ1) is 28.7. The van der Waals surface area contributed by atoms with Gasteiger partial charge in [-0.2, -0.15) is 5.26 Å². The molecular formula is C34H39NO3. The highest BCUT2D eigenvalue weighted by molar-refractivity contribution is 5.69. The van der Waals surface area contributed by atoms with Crippen molar-refractivity contribution >= 4 is 12.0 Å². The van der Waals surface area contributed by atoms with E-state index in [9.17, 15) is 10.1 Å². The van der Waals surface area contributed by atoms with E-state index >= 15 is 0 Å². The summed E-state index contributed by atoms with van der Waals surface area (Å²) in [6, 6.07) is 28.8. The predicted octanol–water partition coefficient (Wildman–Crippen LogP) is 7.96. The maximum Gasteiger partial charge on any atom is 0.305 e. The van der Waals surface area contributed by atoms with E-state index in [0.29, 0.717) is 18.6 Å². The first-order valence-electron chi connectivity index (χ1n) is 13.7. The largest absolute Gasteiger partial charge is 0.493 e. The minimum Gasteiger partial charge on any atom is -0.493 e. The lowest BCUT2D eigenvalue weighted by Gasteiger charge is -2.14. The number of hydrogen-bond acceptors (Lipinski definition) is 4. The summed E-state index contributed by atoms with van der Waals surface area (Å²) in [4.78, 5) is 11.5. The number of rotatable bonds is 16. The fourth-order valence-corrected chi connectivity index (χ4v) is 4.54. The van der Waals surface area contributed by atoms with Gasteiger partial charge in [0.05, 0.1) is 25.3 Å². The summed E-state index contributed by atoms with van der Waals surface area (Å²) in [5.41, 5.74) is 4.29. The quantitative estimate of drug-likeness (QED) is 0.145. The van der Waals surface area contributed by atoms with E-state index in [0.717, 1.165) is 61.8 Å². The molecule has 38 heavy (non-hydrogen) atoms. The summed E-state index contributed by atoms with van der Waals surface area (Å²) in [5.74, 6) is 1.03. The standard InChI is InChI=1S/C34H39NO3/c1-37-34(36)21-10-7-16-29(25-30-17-12-18-31(26-30)27-35)22-23-32-19-8-9-20-33(32)38-24-11-3-6-15-28-13-4-2-5-14-28/h2,4-5,8-9,12-14,17-20,22-23,26,29H,3,6-7,10-11,15-16,21,24-25H2,1H3. The van der Waals surface area contributed by atoms with Gasteiger partial charge in [0.25, 0.3) is 0 Å². The second-order valence-electron chi connectivity index (χ2n) is 9.64. The molecule has 1 atom stereocenters. The Kier molecular flexibility index (Phi) is 12.7. The molecule has 4 nitrogen and oxygen atoms in total. The van der Waals surface area contributed by atoms with Gasteiger partial charge in [-0.05, 0) is 80.2 Å². The Morgan fingerprint density at radius 1 is 0.895 bits per heavy atom. The van der Waals surface area contributed by atoms with Crippen molar-refractivity contribution in [2.75, 3.05) is 13.7 Å². The van der Waals surface area contributed by atoms with Crippen LogP contribution in [0.1, 0.15) is 67.2 Å². The second kappa shape index (κ2) is 16.8. The molecule has 3 rings (SSSR count). The highest BCUT2D eigenvalue weighted by Crippen LogP contribution is 2.24. The van der Waals surface area contributed by atoms with Gasteiger partial charge in [-0.3, -0.25) is 4.79 Å². The minimum absolute atomic E-state index is 0.162. The third-order valence-electron chi connectivity index (χ3n) is 6.66. The Bertz CT molecular complexity index is 1180. The second-order valence-corrected chi connectivity index (χ2v) is 9.64. The Morgan fingerprint density at radius 2 is 1.68 bits per heavy atom. The summed E-state index contributed by atoms with van der Waals surface area (Å²) < 4.78 is 10.9. The average molecular weight is 510 g/mol. The topological polar surface area (TPSA) is 59.3 Å². The number of para-hydroxylation sites is 1. The molecule has 0 saturated heterocycles. The summed E-state index contributed by atoms with van der Waals surface area (Å²) in [7, 11) is 1.43. The maximum atomic E-state index is 11.5. The van der Waals surface area contributed by atoms with Crippen molar-refractivity contribution in [1.29, 1.82) is 5.26 Å². The third-order valence-corrected chi connectivity index (χ3v) is 6.66. The number of nitriles is 1. The van der Waals surface area contributed by atoms with Crippen LogP contribution in [0, 0.1) is 17.2 Å². The van der Waals surface area contributed by atoms with Gasteiger partial charge >= 0.3 is 5.97 Å². The fraction of sp³-hybridized carbons (Fsp3) is 0.353. The molecule has 0 amide bonds. The molecule has 0 heterocycles. The van der Waals surface area contributed by atoms with E-state index in [1.165, 1.54) is 19.1 Å². The molecule has 0 aliphatic rings. The Hall–Kier alpha value is -3.84. The van der Waals surface area contributed by atoms with E-state index in [-0.39, 0.29) is 11.9 Å². The van der Waals surface area contributed by atoms with Crippen LogP contribution in [0.4, 0.5) is 0 Å². The van der Waals surface area contributed by atoms with E-state index in [4.69, 9.17) is 9.47 Å². The highest BCUT2D eigenvalue weighted by atomic mass is 16.5. The van der Waals surface area contributed by atoms with Crippen LogP contribution in [0.3, 0.4) is 0 Å². The molecule has 1 unspecified atom stereocenters. The molecule has 0 fully saturated rings. The lowest BCUT2D eigenvalue weighted by atomic mass is 9.92. The van der Waals surface area contributed by atoms with Crippen LogP contribution < -0.4 is 4.74 Å². The molecule has 0 bridgehead atoms. The zero-order valence-corrected chi connectivity index (χ0v) is 22.5. The molecule has 198 valence electrons. The first-order valence-corrected chi connectivity index (χ1v) is 13.7. The zero-order chi connectivity index (χ0) is 26.8. The Morgan fingerprint density at radius 3 is 2.50 bits per heavy atom. The van der Waals surface area contributed by atoms with Gasteiger partial charge in [-0.15, -0.1) is 0 Å². The van der Waals surface area contributed by atoms with Gasteiger partial charge in [0.1, 0.15) is 5.75 Å². The van der Waals surface area contributed by atoms with E-state index in [2.05, 4.69) is 60.7 Å². The van der Waals surface area contributed by atoms with Crippen molar-refractivity contribution in [3.63, 3.8) is 0 Å². The van der Waals surface area contributed by atoms with E-state index in [1.54, 1.807) is 0 Å². The van der Waals surface area contributed by atoms with Gasteiger partial charge in [0.15, 0.2) is 0 Å². The van der Waals surface area contributed by atoms with Crippen molar-refractivity contribution in [2.45, 2.75) is 57.8 Å². The van der Waals surface area contributed by atoms with Crippen LogP contribution in [-0.2, 0) is 22.4 Å². The summed E-state index contributed by atoms with van der Waals surface area (Å²) in [6.45, 7) is 0.706. The molecule has 0 aliphatic heterocycles. The number of hydrogen-bond donors (Lipinski definition) is 0. The van der Waals surface area contributed by atoms with Gasteiger partial charge in [-0.1, -0.05) is 79.2 Å². The Labute approximate surface area is 227 Å². The molecule has 0 spiro atoms. The molecule has 0 N–H and O–H groups in total. The van der Waals surface area contributed by atoms with Gasteiger partial charge in [0.2, 0.25) is 0 Å². The number of esters is 1. The lowest BCUT2D eigenvalue weighted by molar-refractivity contribution is -0.140. The third kappa shape index (κ3) is 10.6. The number of ether oxygens (including phenoxy) is 2. The number of benzene rings is 3. The number of aryl methyl sites for hydroxylation is 1. The van der Waals surface area contributed by atoms with E-state index < -0.39 is 0 Å². The van der Waals surface area contributed by atoms with Crippen LogP contribution in [0.5, 0.6) is 5.75 Å². The summed E-state index contributed by atoms with van der Waals surface area (Å²) >= 11 is 0. The molecule has 0 aliphatic carbocycles. The molecule has 4 heteroatoms. The number of methoxy groups -OCH3 is 1. The van der Waals surface area contributed by atoms with Crippen LogP contribution >= 0.6 is 0 Å². The van der Waals surface area contributed by atoms with Crippen LogP contribution in [0.15, 0.2) is 84.9 Å². The highest BCUT2D eigenvalue weighted by Gasteiger charge is 2.10. The molecule has 3 aromatic carbocycles. The molecule has 0 radical (unpaired) electrons. The molecule has 3 aromatic rings. The molecule has 0 aromatic heterocycles. The number of carbonyl (C=O) groups is 1. The monoisotopic (exact) mass is 509 g/mol. The van der Waals surface area contributed by atoms with E-state index in [1.807, 2.05) is 36.4 Å². The van der Waals surface area contributed by atoms with Crippen LogP contribution in [-0.4, -0.2) is 19.7 Å². The average Bonchev–Trinajstić information content (AvgIpc) is 2.96. The van der Waals surface area contributed by atoms with Crippen molar-refractivity contribution < 1.29 is 14.3 Å². The number of nitrogens with zero attached hydrogens (tertiary/aromatic N) is 1. The first-order chi connectivity index (χ1) is 18.7. The van der Waals surface area contributed by atoms with Crippen molar-refractivity contribution in [1.82, 2.24) is 0 Å². The number of allylic oxidation sites excluding steroid dienone is 1. The van der Waals surface area contributed by atoms with Crippen molar-refractivity contribution in [3.05, 3.63) is 107 Å². The van der Waals surface area contributed by atoms with Gasteiger partial charge in [-0.25, -0.2) is 0 Å². The lowest BCUT2D eigenvalue weighted by Crippen LogP contribution is -2.04. The number of unbranched alkanes of at least 4 members (excludes halogenated alkanes) is 3. The maximum absolute atomic E-state index is 11.5. The van der Waals surface area contributed by atoms with Crippen LogP contribution in [0.2, 0.25) is 0 Å². The minimum atomic E-state index is -0.162.